The van der Waals surface area contributed by atoms with Gasteiger partial charge in [-0.2, -0.15) is 0 Å². The molecule has 3 N–H and O–H groups in total. The van der Waals surface area contributed by atoms with Gasteiger partial charge in [-0.1, -0.05) is 19.1 Å². The van der Waals surface area contributed by atoms with Gasteiger partial charge in [0, 0.05) is 25.3 Å². The van der Waals surface area contributed by atoms with E-state index < -0.39 is 0 Å². The van der Waals surface area contributed by atoms with Crippen molar-refractivity contribution in [3.8, 4) is 0 Å². The first-order valence-electron chi connectivity index (χ1n) is 6.66. The predicted octanol–water partition coefficient (Wildman–Crippen LogP) is 2.14. The van der Waals surface area contributed by atoms with Crippen LogP contribution in [0.15, 0.2) is 18.2 Å². The molecule has 0 bridgehead atoms. The van der Waals surface area contributed by atoms with Crippen LogP contribution in [0.4, 0.5) is 0 Å². The van der Waals surface area contributed by atoms with Crippen LogP contribution in [0.1, 0.15) is 30.5 Å². The molecule has 0 spiro atoms. The van der Waals surface area contributed by atoms with Crippen LogP contribution in [-0.2, 0) is 11.3 Å². The smallest absolute Gasteiger partial charge is 0.122 e. The zero-order chi connectivity index (χ0) is 14.4. The molecule has 0 amide bonds. The lowest BCUT2D eigenvalue weighted by molar-refractivity contribution is 0.0981. The number of hydrogen-bond acceptors (Lipinski definition) is 3. The van der Waals surface area contributed by atoms with Crippen LogP contribution in [0, 0.1) is 12.3 Å². The quantitative estimate of drug-likeness (QED) is 0.585. The topological polar surface area (TPSA) is 62.3 Å². The second-order valence-electron chi connectivity index (χ2n) is 4.92. The fourth-order valence-corrected chi connectivity index (χ4v) is 2.19. The monoisotopic (exact) mass is 263 g/mol. The highest BCUT2D eigenvalue weighted by Crippen LogP contribution is 2.15. The number of nitrogens with two attached hydrogens (primary N) is 1. The molecule has 4 nitrogen and oxygen atoms in total. The first-order valence-corrected chi connectivity index (χ1v) is 6.66. The Kier molecular flexibility index (Phi) is 5.99. The fraction of sp³-hybridized carbons (Fsp3) is 0.533. The molecule has 0 heterocycles. The third-order valence-electron chi connectivity index (χ3n) is 3.46. The highest BCUT2D eigenvalue weighted by molar-refractivity contribution is 5.95. The average Bonchev–Trinajstić information content (AvgIpc) is 2.37. The Morgan fingerprint density at radius 1 is 1.47 bits per heavy atom. The number of hydrogen-bond donors (Lipinski definition) is 2. The summed E-state index contributed by atoms with van der Waals surface area (Å²) in [7, 11) is 1.73. The van der Waals surface area contributed by atoms with E-state index in [2.05, 4.69) is 31.7 Å². The number of rotatable bonds is 7. The number of nitrogens with one attached hydrogen (secondary N) is 1. The van der Waals surface area contributed by atoms with Gasteiger partial charge in [0.05, 0.1) is 6.61 Å². The van der Waals surface area contributed by atoms with E-state index in [0.717, 1.165) is 25.3 Å². The van der Waals surface area contributed by atoms with Crippen molar-refractivity contribution in [3.05, 3.63) is 34.9 Å². The summed E-state index contributed by atoms with van der Waals surface area (Å²) in [5.41, 5.74) is 8.74. The van der Waals surface area contributed by atoms with Crippen molar-refractivity contribution in [3.63, 3.8) is 0 Å². The van der Waals surface area contributed by atoms with Crippen molar-refractivity contribution in [2.45, 2.75) is 33.4 Å². The van der Waals surface area contributed by atoms with Gasteiger partial charge in [-0.25, -0.2) is 0 Å². The van der Waals surface area contributed by atoms with E-state index in [4.69, 9.17) is 15.9 Å². The van der Waals surface area contributed by atoms with Crippen LogP contribution in [-0.4, -0.2) is 37.0 Å². The maximum Gasteiger partial charge on any atom is 0.122 e. The van der Waals surface area contributed by atoms with Crippen LogP contribution in [0.3, 0.4) is 0 Å². The number of nitrogens with zero attached hydrogens (tertiary/aromatic N) is 1. The molecular formula is C15H25N3O. The van der Waals surface area contributed by atoms with E-state index in [-0.39, 0.29) is 5.84 Å². The molecule has 106 valence electrons. The van der Waals surface area contributed by atoms with E-state index in [0.29, 0.717) is 6.04 Å². The van der Waals surface area contributed by atoms with Gasteiger partial charge >= 0.3 is 0 Å². The van der Waals surface area contributed by atoms with Crippen molar-refractivity contribution in [2.75, 3.05) is 20.3 Å². The molecule has 0 radical (unpaired) electrons. The molecule has 0 saturated heterocycles. The van der Waals surface area contributed by atoms with Crippen molar-refractivity contribution in [1.29, 1.82) is 5.41 Å². The summed E-state index contributed by atoms with van der Waals surface area (Å²) in [6, 6.07) is 6.35. The predicted molar refractivity (Wildman–Crippen MR) is 79.6 cm³/mol. The van der Waals surface area contributed by atoms with Crippen molar-refractivity contribution in [1.82, 2.24) is 4.90 Å². The molecule has 19 heavy (non-hydrogen) atoms. The minimum Gasteiger partial charge on any atom is -0.384 e. The summed E-state index contributed by atoms with van der Waals surface area (Å²) >= 11 is 0. The number of ether oxygens (including phenoxy) is 1. The lowest BCUT2D eigenvalue weighted by Gasteiger charge is -2.28. The molecule has 0 fully saturated rings. The van der Waals surface area contributed by atoms with Gasteiger partial charge in [0.15, 0.2) is 0 Å². The molecule has 0 aliphatic carbocycles. The molecular weight excluding hydrogens is 238 g/mol. The molecule has 0 aliphatic heterocycles. The van der Waals surface area contributed by atoms with Crippen LogP contribution >= 0.6 is 0 Å². The summed E-state index contributed by atoms with van der Waals surface area (Å²) < 4.78 is 5.22. The van der Waals surface area contributed by atoms with Crippen molar-refractivity contribution in [2.24, 2.45) is 5.73 Å². The van der Waals surface area contributed by atoms with E-state index in [9.17, 15) is 0 Å². The number of aryl methyl sites for hydroxylation is 1. The average molecular weight is 263 g/mol. The Morgan fingerprint density at radius 3 is 2.63 bits per heavy atom. The number of benzene rings is 1. The lowest BCUT2D eigenvalue weighted by atomic mass is 10.0. The van der Waals surface area contributed by atoms with E-state index in [1.165, 1.54) is 11.1 Å². The summed E-state index contributed by atoms with van der Waals surface area (Å²) in [6.45, 7) is 9.01. The zero-order valence-corrected chi connectivity index (χ0v) is 12.4. The standard InChI is InChI=1S/C15H25N3O/c1-5-18(12(3)10-19-4)9-14-7-6-13(15(16)17)8-11(14)2/h6-8,12H,5,9-10H2,1-4H3,(H3,16,17). The molecule has 0 aromatic heterocycles. The third-order valence-corrected chi connectivity index (χ3v) is 3.46. The van der Waals surface area contributed by atoms with Crippen LogP contribution in [0.5, 0.6) is 0 Å². The van der Waals surface area contributed by atoms with E-state index in [1.807, 2.05) is 12.1 Å². The van der Waals surface area contributed by atoms with E-state index in [1.54, 1.807) is 7.11 Å². The Morgan fingerprint density at radius 2 is 2.16 bits per heavy atom. The van der Waals surface area contributed by atoms with Crippen LogP contribution in [0.2, 0.25) is 0 Å². The minimum atomic E-state index is 0.120. The summed E-state index contributed by atoms with van der Waals surface area (Å²) in [4.78, 5) is 2.37. The van der Waals surface area contributed by atoms with Crippen molar-refractivity contribution < 1.29 is 4.74 Å². The van der Waals surface area contributed by atoms with Gasteiger partial charge in [-0.3, -0.25) is 10.3 Å². The molecule has 1 unspecified atom stereocenters. The van der Waals surface area contributed by atoms with Crippen LogP contribution in [0.25, 0.3) is 0 Å². The number of amidine groups is 1. The Balaban J connectivity index is 2.83. The van der Waals surface area contributed by atoms with Gasteiger partial charge in [0.25, 0.3) is 0 Å². The second-order valence-corrected chi connectivity index (χ2v) is 4.92. The van der Waals surface area contributed by atoms with Gasteiger partial charge in [0.2, 0.25) is 0 Å². The number of methoxy groups -OCH3 is 1. The molecule has 0 aliphatic rings. The third kappa shape index (κ3) is 4.33. The molecule has 1 rings (SSSR count). The first-order chi connectivity index (χ1) is 8.99. The molecule has 1 aromatic carbocycles. The van der Waals surface area contributed by atoms with Gasteiger partial charge in [-0.05, 0) is 37.6 Å². The molecule has 1 aromatic rings. The highest BCUT2D eigenvalue weighted by atomic mass is 16.5. The number of likely N-dealkylation sites (N-methyl/N-ethyl adjacent to an activating group) is 1. The normalized spacial score (nSPS) is 12.7. The maximum absolute atomic E-state index is 7.45. The zero-order valence-electron chi connectivity index (χ0n) is 12.4. The van der Waals surface area contributed by atoms with Gasteiger partial charge < -0.3 is 10.5 Å². The fourth-order valence-electron chi connectivity index (χ4n) is 2.19. The second kappa shape index (κ2) is 7.26. The lowest BCUT2D eigenvalue weighted by Crippen LogP contribution is -2.35. The minimum absolute atomic E-state index is 0.120. The summed E-state index contributed by atoms with van der Waals surface area (Å²) in [6.07, 6.45) is 0. The van der Waals surface area contributed by atoms with E-state index >= 15 is 0 Å². The Hall–Kier alpha value is -1.39. The highest BCUT2D eigenvalue weighted by Gasteiger charge is 2.13. The number of nitrogen functional groups attached to an aromatic ring is 1. The van der Waals surface area contributed by atoms with Crippen LogP contribution < -0.4 is 5.73 Å². The summed E-state index contributed by atoms with van der Waals surface area (Å²) in [5.74, 6) is 0.120. The Labute approximate surface area is 116 Å². The largest absolute Gasteiger partial charge is 0.384 e. The van der Waals surface area contributed by atoms with Gasteiger partial charge in [-0.15, -0.1) is 0 Å². The molecule has 0 saturated carbocycles. The maximum atomic E-state index is 7.45. The summed E-state index contributed by atoms with van der Waals surface area (Å²) in [5, 5.41) is 7.45. The molecule has 4 heteroatoms. The molecule has 1 atom stereocenters. The first kappa shape index (κ1) is 15.7. The van der Waals surface area contributed by atoms with Crippen molar-refractivity contribution >= 4 is 5.84 Å². The van der Waals surface area contributed by atoms with Gasteiger partial charge in [0.1, 0.15) is 5.84 Å². The Bertz CT molecular complexity index is 431. The SMILES string of the molecule is CCN(Cc1ccc(C(=N)N)cc1C)C(C)COC.